The first-order chi connectivity index (χ1) is 10.1. The van der Waals surface area contributed by atoms with Crippen molar-refractivity contribution in [3.05, 3.63) is 29.3 Å². The molecule has 1 saturated heterocycles. The number of thioether (sulfide) groups is 1. The molecule has 1 aromatic rings. The summed E-state index contributed by atoms with van der Waals surface area (Å²) < 4.78 is 11.3. The largest absolute Gasteiger partial charge is 0.496 e. The van der Waals surface area contributed by atoms with Gasteiger partial charge in [0.2, 0.25) is 0 Å². The van der Waals surface area contributed by atoms with Crippen LogP contribution in [0.5, 0.6) is 5.75 Å². The summed E-state index contributed by atoms with van der Waals surface area (Å²) in [5, 5.41) is 3.71. The fourth-order valence-electron chi connectivity index (χ4n) is 2.84. The van der Waals surface area contributed by atoms with Crippen LogP contribution in [0, 0.1) is 6.92 Å². The fraction of sp³-hybridized carbons (Fsp3) is 0.647. The number of methoxy groups -OCH3 is 1. The predicted molar refractivity (Wildman–Crippen MR) is 90.4 cm³/mol. The number of nitrogens with one attached hydrogen (secondary N) is 1. The molecule has 0 aliphatic carbocycles. The van der Waals surface area contributed by atoms with Crippen LogP contribution < -0.4 is 10.1 Å². The van der Waals surface area contributed by atoms with Gasteiger partial charge in [-0.05, 0) is 39.0 Å². The van der Waals surface area contributed by atoms with Gasteiger partial charge in [0.1, 0.15) is 5.75 Å². The van der Waals surface area contributed by atoms with Crippen molar-refractivity contribution in [2.45, 2.75) is 37.5 Å². The van der Waals surface area contributed by atoms with E-state index in [-0.39, 0.29) is 6.04 Å². The molecule has 0 radical (unpaired) electrons. The van der Waals surface area contributed by atoms with Gasteiger partial charge in [0, 0.05) is 36.1 Å². The Kier molecular flexibility index (Phi) is 5.97. The van der Waals surface area contributed by atoms with Gasteiger partial charge in [-0.1, -0.05) is 17.7 Å². The van der Waals surface area contributed by atoms with Crippen molar-refractivity contribution in [2.24, 2.45) is 0 Å². The van der Waals surface area contributed by atoms with Crippen LogP contribution in [0.4, 0.5) is 0 Å². The van der Waals surface area contributed by atoms with Gasteiger partial charge in [-0.2, -0.15) is 11.8 Å². The van der Waals surface area contributed by atoms with E-state index in [1.165, 1.54) is 11.1 Å². The second-order valence-corrected chi connectivity index (χ2v) is 7.12. The molecule has 0 unspecified atom stereocenters. The summed E-state index contributed by atoms with van der Waals surface area (Å²) in [6, 6.07) is 6.65. The minimum absolute atomic E-state index is 0.284. The van der Waals surface area contributed by atoms with Crippen LogP contribution >= 0.6 is 11.8 Å². The first-order valence-electron chi connectivity index (χ1n) is 7.61. The van der Waals surface area contributed by atoms with Gasteiger partial charge in [-0.15, -0.1) is 0 Å². The van der Waals surface area contributed by atoms with Crippen molar-refractivity contribution in [2.75, 3.05) is 33.1 Å². The first-order valence-corrected chi connectivity index (χ1v) is 8.83. The zero-order valence-corrected chi connectivity index (χ0v) is 14.4. The molecule has 1 heterocycles. The minimum Gasteiger partial charge on any atom is -0.496 e. The van der Waals surface area contributed by atoms with Crippen LogP contribution in [-0.4, -0.2) is 37.9 Å². The molecule has 21 heavy (non-hydrogen) atoms. The third-order valence-corrected chi connectivity index (χ3v) is 5.84. The van der Waals surface area contributed by atoms with Gasteiger partial charge in [0.15, 0.2) is 0 Å². The summed E-state index contributed by atoms with van der Waals surface area (Å²) in [6.07, 6.45) is 4.46. The summed E-state index contributed by atoms with van der Waals surface area (Å²) in [5.41, 5.74) is 2.51. The normalized spacial score (nSPS) is 19.2. The number of ether oxygens (including phenoxy) is 2. The smallest absolute Gasteiger partial charge is 0.123 e. The highest BCUT2D eigenvalue weighted by atomic mass is 32.2. The van der Waals surface area contributed by atoms with Crippen LogP contribution in [0.1, 0.15) is 36.9 Å². The highest BCUT2D eigenvalue weighted by molar-refractivity contribution is 8.00. The van der Waals surface area contributed by atoms with E-state index in [1.807, 2.05) is 11.8 Å². The van der Waals surface area contributed by atoms with Crippen molar-refractivity contribution >= 4 is 11.8 Å². The third-order valence-electron chi connectivity index (χ3n) is 4.42. The SMILES string of the molecule is COc1ccc(C)cc1[C@@H](C)NCC1(SC)CCOCC1. The lowest BCUT2D eigenvalue weighted by atomic mass is 9.97. The molecule has 4 heteroatoms. The minimum atomic E-state index is 0.284. The molecule has 3 nitrogen and oxygen atoms in total. The molecule has 1 aliphatic heterocycles. The number of benzene rings is 1. The van der Waals surface area contributed by atoms with Crippen LogP contribution in [-0.2, 0) is 4.74 Å². The average molecular weight is 309 g/mol. The van der Waals surface area contributed by atoms with Crippen molar-refractivity contribution in [1.29, 1.82) is 0 Å². The van der Waals surface area contributed by atoms with Crippen molar-refractivity contribution < 1.29 is 9.47 Å². The van der Waals surface area contributed by atoms with E-state index in [4.69, 9.17) is 9.47 Å². The molecular weight excluding hydrogens is 282 g/mol. The lowest BCUT2D eigenvalue weighted by molar-refractivity contribution is 0.0766. The van der Waals surface area contributed by atoms with Gasteiger partial charge in [0.25, 0.3) is 0 Å². The fourth-order valence-corrected chi connectivity index (χ4v) is 3.64. The molecule has 0 amide bonds. The molecule has 2 rings (SSSR count). The van der Waals surface area contributed by atoms with E-state index in [0.29, 0.717) is 4.75 Å². The maximum absolute atomic E-state index is 5.51. The summed E-state index contributed by atoms with van der Waals surface area (Å²) in [7, 11) is 1.74. The maximum atomic E-state index is 5.51. The van der Waals surface area contributed by atoms with E-state index in [9.17, 15) is 0 Å². The molecular formula is C17H27NO2S. The quantitative estimate of drug-likeness (QED) is 0.870. The van der Waals surface area contributed by atoms with Gasteiger partial charge in [-0.25, -0.2) is 0 Å². The molecule has 1 aliphatic rings. The molecule has 1 atom stereocenters. The summed E-state index contributed by atoms with van der Waals surface area (Å²) in [5.74, 6) is 0.964. The third kappa shape index (κ3) is 4.15. The number of aryl methyl sites for hydroxylation is 1. The Labute approximate surface area is 132 Å². The Morgan fingerprint density at radius 1 is 1.38 bits per heavy atom. The average Bonchev–Trinajstić information content (AvgIpc) is 2.53. The molecule has 0 spiro atoms. The molecule has 0 bridgehead atoms. The van der Waals surface area contributed by atoms with Gasteiger partial charge in [-0.3, -0.25) is 0 Å². The van der Waals surface area contributed by atoms with Crippen molar-refractivity contribution in [3.8, 4) is 5.75 Å². The highest BCUT2D eigenvalue weighted by Crippen LogP contribution is 2.34. The second-order valence-electron chi connectivity index (χ2n) is 5.85. The van der Waals surface area contributed by atoms with Crippen molar-refractivity contribution in [1.82, 2.24) is 5.32 Å². The zero-order valence-electron chi connectivity index (χ0n) is 13.6. The predicted octanol–water partition coefficient (Wildman–Crippen LogP) is 3.57. The Morgan fingerprint density at radius 3 is 2.71 bits per heavy atom. The molecule has 0 saturated carbocycles. The second kappa shape index (κ2) is 7.52. The molecule has 118 valence electrons. The topological polar surface area (TPSA) is 30.5 Å². The van der Waals surface area contributed by atoms with Crippen LogP contribution in [0.2, 0.25) is 0 Å². The van der Waals surface area contributed by atoms with Gasteiger partial charge >= 0.3 is 0 Å². The number of hydrogen-bond acceptors (Lipinski definition) is 4. The van der Waals surface area contributed by atoms with Gasteiger partial charge < -0.3 is 14.8 Å². The summed E-state index contributed by atoms with van der Waals surface area (Å²) in [4.78, 5) is 0. The van der Waals surface area contributed by atoms with Crippen LogP contribution in [0.15, 0.2) is 18.2 Å². The van der Waals surface area contributed by atoms with E-state index in [0.717, 1.165) is 38.3 Å². The van der Waals surface area contributed by atoms with Crippen molar-refractivity contribution in [3.63, 3.8) is 0 Å². The molecule has 1 N–H and O–H groups in total. The highest BCUT2D eigenvalue weighted by Gasteiger charge is 2.32. The number of hydrogen-bond donors (Lipinski definition) is 1. The van der Waals surface area contributed by atoms with E-state index < -0.39 is 0 Å². The van der Waals surface area contributed by atoms with Gasteiger partial charge in [0.05, 0.1) is 7.11 Å². The van der Waals surface area contributed by atoms with Crippen LogP contribution in [0.25, 0.3) is 0 Å². The lowest BCUT2D eigenvalue weighted by Crippen LogP contribution is -2.43. The molecule has 0 aromatic heterocycles. The lowest BCUT2D eigenvalue weighted by Gasteiger charge is -2.37. The molecule has 1 aromatic carbocycles. The monoisotopic (exact) mass is 309 g/mol. The van der Waals surface area contributed by atoms with E-state index in [2.05, 4.69) is 43.6 Å². The van der Waals surface area contributed by atoms with Crippen LogP contribution in [0.3, 0.4) is 0 Å². The standard InChI is InChI=1S/C17H27NO2S/c1-13-5-6-16(19-3)15(11-13)14(2)18-12-17(21-4)7-9-20-10-8-17/h5-6,11,14,18H,7-10,12H2,1-4H3/t14-/m1/s1. The Bertz CT molecular complexity index is 458. The molecule has 1 fully saturated rings. The maximum Gasteiger partial charge on any atom is 0.123 e. The summed E-state index contributed by atoms with van der Waals surface area (Å²) in [6.45, 7) is 7.10. The summed E-state index contributed by atoms with van der Waals surface area (Å²) >= 11 is 1.97. The first kappa shape index (κ1) is 16.7. The van der Waals surface area contributed by atoms with E-state index in [1.54, 1.807) is 7.11 Å². The Hall–Kier alpha value is -0.710. The van der Waals surface area contributed by atoms with E-state index >= 15 is 0 Å². The number of rotatable bonds is 6. The Morgan fingerprint density at radius 2 is 2.10 bits per heavy atom. The Balaban J connectivity index is 2.04. The zero-order chi connectivity index (χ0) is 15.3.